The van der Waals surface area contributed by atoms with Gasteiger partial charge in [-0.05, 0) is 24.8 Å². The molecule has 4 rings (SSSR count). The van der Waals surface area contributed by atoms with Gasteiger partial charge >= 0.3 is 0 Å². The Morgan fingerprint density at radius 3 is 2.74 bits per heavy atom. The fraction of sp³-hybridized carbons (Fsp3) is 0.400. The summed E-state index contributed by atoms with van der Waals surface area (Å²) in [4.78, 5) is 19.0. The number of carbonyl (C=O) groups excluding carboxylic acids is 1. The predicted molar refractivity (Wildman–Crippen MR) is 102 cm³/mol. The van der Waals surface area contributed by atoms with Gasteiger partial charge in [0.1, 0.15) is 5.01 Å². The molecule has 1 atom stereocenters. The first kappa shape index (κ1) is 17.9. The molecule has 3 heterocycles. The van der Waals surface area contributed by atoms with E-state index < -0.39 is 0 Å². The van der Waals surface area contributed by atoms with Crippen molar-refractivity contribution in [1.29, 1.82) is 0 Å². The van der Waals surface area contributed by atoms with Gasteiger partial charge in [0, 0.05) is 37.4 Å². The monoisotopic (exact) mass is 382 g/mol. The molecule has 1 aromatic carbocycles. The summed E-state index contributed by atoms with van der Waals surface area (Å²) in [5.74, 6) is 1.30. The number of aromatic nitrogens is 3. The van der Waals surface area contributed by atoms with Crippen LogP contribution in [0.3, 0.4) is 0 Å². The lowest BCUT2D eigenvalue weighted by atomic mass is 10.1. The van der Waals surface area contributed by atoms with Gasteiger partial charge < -0.3 is 9.32 Å². The molecule has 0 radical (unpaired) electrons. The van der Waals surface area contributed by atoms with Crippen molar-refractivity contribution in [3.05, 3.63) is 64.3 Å². The van der Waals surface area contributed by atoms with Crippen LogP contribution in [0.25, 0.3) is 0 Å². The van der Waals surface area contributed by atoms with Crippen molar-refractivity contribution in [3.63, 3.8) is 0 Å². The highest BCUT2D eigenvalue weighted by atomic mass is 32.1. The Bertz CT molecular complexity index is 863. The zero-order chi connectivity index (χ0) is 18.5. The number of likely N-dealkylation sites (tertiary alicyclic amines) is 1. The van der Waals surface area contributed by atoms with Gasteiger partial charge in [0.15, 0.2) is 0 Å². The topological polar surface area (TPSA) is 72.1 Å². The second kappa shape index (κ2) is 8.43. The number of carbonyl (C=O) groups is 1. The fourth-order valence-corrected chi connectivity index (χ4v) is 4.25. The standard InChI is InChI=1S/C20H22N4O2S/c25-19(24-13-4-7-16(24)20-21-12-14-27-20)11-10-18-23-22-17(26-18)9-8-15-5-2-1-3-6-15/h1-3,5-6,12,14,16H,4,7-11,13H2/t16-/m1/s1. The highest BCUT2D eigenvalue weighted by Crippen LogP contribution is 2.33. The average Bonchev–Trinajstić information content (AvgIpc) is 3.46. The molecule has 0 saturated carbocycles. The van der Waals surface area contributed by atoms with Gasteiger partial charge in [0.25, 0.3) is 0 Å². The van der Waals surface area contributed by atoms with Gasteiger partial charge in [0.05, 0.1) is 6.04 Å². The molecule has 1 saturated heterocycles. The average molecular weight is 382 g/mol. The van der Waals surface area contributed by atoms with Crippen molar-refractivity contribution in [2.24, 2.45) is 0 Å². The Hall–Kier alpha value is -2.54. The van der Waals surface area contributed by atoms with Crippen molar-refractivity contribution in [2.45, 2.75) is 44.6 Å². The molecule has 0 bridgehead atoms. The lowest BCUT2D eigenvalue weighted by Gasteiger charge is -2.22. The smallest absolute Gasteiger partial charge is 0.223 e. The second-order valence-electron chi connectivity index (χ2n) is 6.69. The maximum atomic E-state index is 12.7. The third-order valence-corrected chi connectivity index (χ3v) is 5.72. The maximum absolute atomic E-state index is 12.7. The van der Waals surface area contributed by atoms with Crippen LogP contribution in [0.4, 0.5) is 0 Å². The molecule has 1 fully saturated rings. The van der Waals surface area contributed by atoms with Crippen molar-refractivity contribution in [2.75, 3.05) is 6.54 Å². The SMILES string of the molecule is O=C(CCc1nnc(CCc2ccccc2)o1)N1CCC[C@@H]1c1nccs1. The summed E-state index contributed by atoms with van der Waals surface area (Å²) in [5, 5.41) is 11.2. The van der Waals surface area contributed by atoms with E-state index in [1.807, 2.05) is 28.5 Å². The summed E-state index contributed by atoms with van der Waals surface area (Å²) in [7, 11) is 0. The summed E-state index contributed by atoms with van der Waals surface area (Å²) in [6.45, 7) is 0.801. The summed E-state index contributed by atoms with van der Waals surface area (Å²) in [5.41, 5.74) is 1.25. The molecule has 6 nitrogen and oxygen atoms in total. The van der Waals surface area contributed by atoms with E-state index in [4.69, 9.17) is 4.42 Å². The molecule has 27 heavy (non-hydrogen) atoms. The number of nitrogens with zero attached hydrogens (tertiary/aromatic N) is 4. The van der Waals surface area contributed by atoms with Gasteiger partial charge in [-0.2, -0.15) is 0 Å². The Balaban J connectivity index is 1.28. The van der Waals surface area contributed by atoms with E-state index >= 15 is 0 Å². The zero-order valence-corrected chi connectivity index (χ0v) is 15.9. The number of benzene rings is 1. The largest absolute Gasteiger partial charge is 0.425 e. The van der Waals surface area contributed by atoms with Crippen LogP contribution in [-0.2, 0) is 24.1 Å². The quantitative estimate of drug-likeness (QED) is 0.624. The highest BCUT2D eigenvalue weighted by molar-refractivity contribution is 7.09. The van der Waals surface area contributed by atoms with E-state index in [-0.39, 0.29) is 11.9 Å². The second-order valence-corrected chi connectivity index (χ2v) is 7.62. The third-order valence-electron chi connectivity index (χ3n) is 4.84. The molecule has 1 aliphatic heterocycles. The third kappa shape index (κ3) is 4.42. The van der Waals surface area contributed by atoms with Crippen molar-refractivity contribution >= 4 is 17.2 Å². The zero-order valence-electron chi connectivity index (χ0n) is 15.1. The van der Waals surface area contributed by atoms with Crippen LogP contribution in [0, 0.1) is 0 Å². The van der Waals surface area contributed by atoms with Crippen LogP contribution in [0.1, 0.15) is 47.7 Å². The summed E-state index contributed by atoms with van der Waals surface area (Å²) >= 11 is 1.62. The van der Waals surface area contributed by atoms with Gasteiger partial charge in [-0.15, -0.1) is 21.5 Å². The molecule has 0 spiro atoms. The minimum Gasteiger partial charge on any atom is -0.425 e. The lowest BCUT2D eigenvalue weighted by Crippen LogP contribution is -2.30. The van der Waals surface area contributed by atoms with E-state index in [9.17, 15) is 4.79 Å². The van der Waals surface area contributed by atoms with Gasteiger partial charge in [-0.3, -0.25) is 4.79 Å². The summed E-state index contributed by atoms with van der Waals surface area (Å²) in [6.07, 6.45) is 6.27. The van der Waals surface area contributed by atoms with E-state index in [0.717, 1.165) is 30.8 Å². The first-order valence-electron chi connectivity index (χ1n) is 9.33. The molecule has 0 aliphatic carbocycles. The highest BCUT2D eigenvalue weighted by Gasteiger charge is 2.31. The van der Waals surface area contributed by atoms with Gasteiger partial charge in [0.2, 0.25) is 17.7 Å². The Morgan fingerprint density at radius 1 is 1.15 bits per heavy atom. The van der Waals surface area contributed by atoms with E-state index in [1.165, 1.54) is 5.56 Å². The van der Waals surface area contributed by atoms with Crippen molar-refractivity contribution in [3.8, 4) is 0 Å². The Labute approximate surface area is 162 Å². The number of rotatable bonds is 7. The minimum atomic E-state index is 0.126. The summed E-state index contributed by atoms with van der Waals surface area (Å²) in [6, 6.07) is 10.4. The van der Waals surface area contributed by atoms with Crippen LogP contribution in [0.15, 0.2) is 46.3 Å². The first-order chi connectivity index (χ1) is 13.3. The van der Waals surface area contributed by atoms with E-state index in [2.05, 4.69) is 27.3 Å². The molecule has 1 amide bonds. The number of thiazole rings is 1. The molecule has 0 unspecified atom stereocenters. The van der Waals surface area contributed by atoms with E-state index in [0.29, 0.717) is 31.0 Å². The first-order valence-corrected chi connectivity index (χ1v) is 10.2. The normalized spacial score (nSPS) is 16.7. The number of aryl methyl sites for hydroxylation is 3. The van der Waals surface area contributed by atoms with Gasteiger partial charge in [-0.25, -0.2) is 4.98 Å². The molecule has 2 aromatic heterocycles. The summed E-state index contributed by atoms with van der Waals surface area (Å²) < 4.78 is 5.71. The molecule has 140 valence electrons. The van der Waals surface area contributed by atoms with Crippen molar-refractivity contribution in [1.82, 2.24) is 20.1 Å². The molecule has 1 aliphatic rings. The van der Waals surface area contributed by atoms with Crippen LogP contribution < -0.4 is 0 Å². The van der Waals surface area contributed by atoms with E-state index in [1.54, 1.807) is 17.5 Å². The molecular weight excluding hydrogens is 360 g/mol. The molecule has 7 heteroatoms. The number of amides is 1. The lowest BCUT2D eigenvalue weighted by molar-refractivity contribution is -0.132. The fourth-order valence-electron chi connectivity index (χ4n) is 3.46. The minimum absolute atomic E-state index is 0.126. The van der Waals surface area contributed by atoms with Crippen LogP contribution in [-0.4, -0.2) is 32.5 Å². The number of hydrogen-bond acceptors (Lipinski definition) is 6. The molecule has 3 aromatic rings. The molecular formula is C20H22N4O2S. The predicted octanol–water partition coefficient (Wildman–Crippen LogP) is 3.61. The maximum Gasteiger partial charge on any atom is 0.223 e. The van der Waals surface area contributed by atoms with Crippen LogP contribution in [0.5, 0.6) is 0 Å². The molecule has 0 N–H and O–H groups in total. The Morgan fingerprint density at radius 2 is 1.96 bits per heavy atom. The number of hydrogen-bond donors (Lipinski definition) is 0. The Kier molecular flexibility index (Phi) is 5.58. The van der Waals surface area contributed by atoms with Gasteiger partial charge in [-0.1, -0.05) is 30.3 Å². The van der Waals surface area contributed by atoms with Crippen LogP contribution in [0.2, 0.25) is 0 Å². The van der Waals surface area contributed by atoms with Crippen molar-refractivity contribution < 1.29 is 9.21 Å². The van der Waals surface area contributed by atoms with Crippen LogP contribution >= 0.6 is 11.3 Å².